The molecule has 2 unspecified atom stereocenters. The maximum absolute atomic E-state index is 13.3. The van der Waals surface area contributed by atoms with Gasteiger partial charge in [0.2, 0.25) is 17.5 Å². The minimum Gasteiger partial charge on any atom is -0.382 e. The smallest absolute Gasteiger partial charge is 0.230 e. The number of ether oxygens (including phenoxy) is 8. The lowest BCUT2D eigenvalue weighted by Gasteiger charge is -2.30. The van der Waals surface area contributed by atoms with Gasteiger partial charge in [0.15, 0.2) is 18.0 Å². The molecular formula is C51H72N3O11+. The summed E-state index contributed by atoms with van der Waals surface area (Å²) in [4.78, 5) is 41.4. The number of hydrogen-bond donors (Lipinski definition) is 0. The highest BCUT2D eigenvalue weighted by Gasteiger charge is 2.47. The van der Waals surface area contributed by atoms with Gasteiger partial charge in [0.05, 0.1) is 64.8 Å². The number of rotatable bonds is 32. The fraction of sp³-hybridized carbons (Fsp3) is 0.569. The standard InChI is InChI=1S/C51H72N3O11/c1-50(21-26-63-34-30-59-4)42-13-10-11-14-44(42)53(24-28-65-36-32-61-6)46(50)15-8-7-9-16-47-51(2,22-27-64-35-31-60-5)43-38-40(37-41(55)39-54-48(56)19-20-49(54)57)17-18-45(43)52(47)23-12-25-62-33-29-58-3/h7-11,13-18,38H,12,19-37,39H2,1-6H3/q+1. The Morgan fingerprint density at radius 3 is 1.91 bits per heavy atom. The Hall–Kier alpha value is -4.38. The summed E-state index contributed by atoms with van der Waals surface area (Å²) in [5.41, 5.74) is 6.88. The lowest BCUT2D eigenvalue weighted by molar-refractivity contribution is -0.442. The second-order valence-electron chi connectivity index (χ2n) is 16.9. The highest BCUT2D eigenvalue weighted by Crippen LogP contribution is 2.50. The van der Waals surface area contributed by atoms with E-state index in [-0.39, 0.29) is 48.8 Å². The van der Waals surface area contributed by atoms with E-state index >= 15 is 0 Å². The van der Waals surface area contributed by atoms with E-state index in [4.69, 9.17) is 37.9 Å². The quantitative estimate of drug-likeness (QED) is 0.0375. The first kappa shape index (κ1) is 51.6. The third-order valence-corrected chi connectivity index (χ3v) is 12.4. The second kappa shape index (κ2) is 26.7. The first-order valence-corrected chi connectivity index (χ1v) is 23.0. The Balaban J connectivity index is 1.47. The van der Waals surface area contributed by atoms with Crippen LogP contribution in [0.2, 0.25) is 0 Å². The van der Waals surface area contributed by atoms with Crippen molar-refractivity contribution in [2.75, 3.05) is 132 Å². The highest BCUT2D eigenvalue weighted by atomic mass is 16.5. The van der Waals surface area contributed by atoms with Gasteiger partial charge in [0.25, 0.3) is 0 Å². The maximum atomic E-state index is 13.3. The number of carbonyl (C=O) groups is 3. The molecule has 0 aromatic heterocycles. The van der Waals surface area contributed by atoms with Crippen molar-refractivity contribution in [3.05, 3.63) is 95.2 Å². The summed E-state index contributed by atoms with van der Waals surface area (Å²) in [6, 6.07) is 14.8. The molecular weight excluding hydrogens is 831 g/mol. The zero-order valence-corrected chi connectivity index (χ0v) is 39.6. The Kier molecular flexibility index (Phi) is 21.2. The van der Waals surface area contributed by atoms with Crippen molar-refractivity contribution in [3.8, 4) is 0 Å². The first-order valence-electron chi connectivity index (χ1n) is 23.0. The van der Waals surface area contributed by atoms with Crippen LogP contribution in [-0.2, 0) is 69.5 Å². The molecule has 356 valence electrons. The van der Waals surface area contributed by atoms with Crippen LogP contribution in [0.5, 0.6) is 0 Å². The Morgan fingerprint density at radius 2 is 1.26 bits per heavy atom. The lowest BCUT2D eigenvalue weighted by Crippen LogP contribution is -2.34. The van der Waals surface area contributed by atoms with Crippen molar-refractivity contribution in [2.24, 2.45) is 0 Å². The molecule has 0 radical (unpaired) electrons. The molecule has 0 saturated carbocycles. The van der Waals surface area contributed by atoms with E-state index in [0.29, 0.717) is 98.8 Å². The predicted molar refractivity (Wildman–Crippen MR) is 250 cm³/mol. The molecule has 2 atom stereocenters. The largest absolute Gasteiger partial charge is 0.382 e. The van der Waals surface area contributed by atoms with Gasteiger partial charge in [-0.15, -0.1) is 0 Å². The van der Waals surface area contributed by atoms with E-state index in [2.05, 4.69) is 90.1 Å². The number of Topliss-reactive ketones (excluding diaryl/α,β-unsaturated/α-hetero) is 1. The summed E-state index contributed by atoms with van der Waals surface area (Å²) in [5, 5.41) is 0. The SMILES string of the molecule is COCCOCCCN1/C(=C/C=C/C=C/C2=[N+](CCOCCOC)c3ccccc3C2(C)CCOCCOC)C(C)(CCOCCOC)c2cc(CC(=O)CN3C(=O)CCC3=O)ccc21. The Labute approximate surface area is 386 Å². The van der Waals surface area contributed by atoms with Gasteiger partial charge in [-0.3, -0.25) is 19.3 Å². The van der Waals surface area contributed by atoms with Crippen LogP contribution in [0.3, 0.4) is 0 Å². The van der Waals surface area contributed by atoms with Crippen LogP contribution in [0, 0.1) is 0 Å². The number of anilines is 1. The van der Waals surface area contributed by atoms with E-state index < -0.39 is 5.41 Å². The molecule has 3 aliphatic rings. The molecule has 2 aromatic carbocycles. The number of hydrogen-bond acceptors (Lipinski definition) is 12. The van der Waals surface area contributed by atoms with Gasteiger partial charge in [0.1, 0.15) is 6.61 Å². The summed E-state index contributed by atoms with van der Waals surface area (Å²) in [7, 11) is 6.69. The molecule has 1 saturated heterocycles. The van der Waals surface area contributed by atoms with E-state index in [9.17, 15) is 14.4 Å². The van der Waals surface area contributed by atoms with Crippen LogP contribution in [0.25, 0.3) is 0 Å². The van der Waals surface area contributed by atoms with Crippen LogP contribution in [-0.4, -0.2) is 160 Å². The lowest BCUT2D eigenvalue weighted by atomic mass is 9.76. The molecule has 0 N–H and O–H groups in total. The van der Waals surface area contributed by atoms with Crippen LogP contribution in [0.15, 0.2) is 78.5 Å². The van der Waals surface area contributed by atoms with Gasteiger partial charge in [-0.2, -0.15) is 4.58 Å². The molecule has 2 aromatic rings. The number of benzene rings is 2. The van der Waals surface area contributed by atoms with E-state index in [0.717, 1.165) is 40.3 Å². The average molecular weight is 903 g/mol. The zero-order chi connectivity index (χ0) is 46.5. The normalized spacial score (nSPS) is 20.2. The van der Waals surface area contributed by atoms with Crippen molar-refractivity contribution in [2.45, 2.75) is 63.2 Å². The van der Waals surface area contributed by atoms with Gasteiger partial charge in [-0.05, 0) is 56.4 Å². The molecule has 5 rings (SSSR count). The summed E-state index contributed by atoms with van der Waals surface area (Å²) in [6.07, 6.45) is 13.4. The predicted octanol–water partition coefficient (Wildman–Crippen LogP) is 5.90. The molecule has 14 nitrogen and oxygen atoms in total. The van der Waals surface area contributed by atoms with Crippen LogP contribution >= 0.6 is 0 Å². The minimum absolute atomic E-state index is 0.110. The van der Waals surface area contributed by atoms with Gasteiger partial charge >= 0.3 is 0 Å². The topological polar surface area (TPSA) is 135 Å². The van der Waals surface area contributed by atoms with Gasteiger partial charge in [0, 0.05) is 109 Å². The summed E-state index contributed by atoms with van der Waals surface area (Å²) < 4.78 is 47.2. The molecule has 3 aliphatic heterocycles. The van der Waals surface area contributed by atoms with Crippen molar-refractivity contribution >= 4 is 34.7 Å². The number of nitrogens with zero attached hydrogens (tertiary/aromatic N) is 3. The number of ketones is 1. The average Bonchev–Trinajstić information content (AvgIpc) is 3.83. The summed E-state index contributed by atoms with van der Waals surface area (Å²) in [6.45, 7) is 12.1. The number of fused-ring (bicyclic) bond motifs is 2. The van der Waals surface area contributed by atoms with Crippen molar-refractivity contribution in [3.63, 3.8) is 0 Å². The molecule has 65 heavy (non-hydrogen) atoms. The van der Waals surface area contributed by atoms with Gasteiger partial charge in [-0.1, -0.05) is 48.6 Å². The van der Waals surface area contributed by atoms with E-state index in [1.54, 1.807) is 28.4 Å². The number of para-hydroxylation sites is 1. The van der Waals surface area contributed by atoms with E-state index in [1.165, 1.54) is 17.0 Å². The van der Waals surface area contributed by atoms with E-state index in [1.807, 2.05) is 6.07 Å². The number of likely N-dealkylation sites (tertiary alicyclic amines) is 1. The van der Waals surface area contributed by atoms with Gasteiger partial charge in [-0.25, -0.2) is 0 Å². The molecule has 0 aliphatic carbocycles. The molecule has 0 bridgehead atoms. The van der Waals surface area contributed by atoms with Crippen molar-refractivity contribution in [1.82, 2.24) is 4.90 Å². The maximum Gasteiger partial charge on any atom is 0.230 e. The minimum atomic E-state index is -0.490. The first-order chi connectivity index (χ1) is 31.6. The monoisotopic (exact) mass is 903 g/mol. The van der Waals surface area contributed by atoms with Crippen molar-refractivity contribution < 1.29 is 56.9 Å². The van der Waals surface area contributed by atoms with Crippen LogP contribution in [0.1, 0.15) is 62.6 Å². The third kappa shape index (κ3) is 13.8. The van der Waals surface area contributed by atoms with Crippen molar-refractivity contribution in [1.29, 1.82) is 0 Å². The Morgan fingerprint density at radius 1 is 0.662 bits per heavy atom. The van der Waals surface area contributed by atoms with Gasteiger partial charge < -0.3 is 42.8 Å². The number of amides is 2. The molecule has 3 heterocycles. The molecule has 2 amide bonds. The summed E-state index contributed by atoms with van der Waals surface area (Å²) >= 11 is 0. The number of imide groups is 1. The molecule has 1 fully saturated rings. The second-order valence-corrected chi connectivity index (χ2v) is 16.9. The Bertz CT molecular complexity index is 1980. The third-order valence-electron chi connectivity index (χ3n) is 12.4. The highest BCUT2D eigenvalue weighted by molar-refractivity contribution is 6.05. The van der Waals surface area contributed by atoms with Crippen LogP contribution < -0.4 is 4.90 Å². The fourth-order valence-electron chi connectivity index (χ4n) is 8.86. The van der Waals surface area contributed by atoms with Crippen LogP contribution in [0.4, 0.5) is 11.4 Å². The molecule has 0 spiro atoms. The zero-order valence-electron chi connectivity index (χ0n) is 39.6. The number of methoxy groups -OCH3 is 4. The summed E-state index contributed by atoms with van der Waals surface area (Å²) in [5.74, 6) is -0.757. The number of carbonyl (C=O) groups excluding carboxylic acids is 3. The number of allylic oxidation sites excluding steroid dienone is 6. The fourth-order valence-corrected chi connectivity index (χ4v) is 8.86. The molecule has 14 heteroatoms.